The predicted molar refractivity (Wildman–Crippen MR) is 71.0 cm³/mol. The molecule has 18 heavy (non-hydrogen) atoms. The van der Waals surface area contributed by atoms with Crippen molar-refractivity contribution in [3.05, 3.63) is 0 Å². The third-order valence-corrected chi connectivity index (χ3v) is 3.44. The Bertz CT molecular complexity index is 258. The Labute approximate surface area is 115 Å². The summed E-state index contributed by atoms with van der Waals surface area (Å²) in [5.74, 6) is 0.618. The molecule has 106 valence electrons. The van der Waals surface area contributed by atoms with Crippen LogP contribution >= 0.6 is 12.4 Å². The molecule has 0 aromatic carbocycles. The van der Waals surface area contributed by atoms with Gasteiger partial charge in [-0.25, -0.2) is 0 Å². The van der Waals surface area contributed by atoms with Crippen molar-refractivity contribution in [3.8, 4) is 0 Å². The molecule has 0 radical (unpaired) electrons. The summed E-state index contributed by atoms with van der Waals surface area (Å²) in [6.07, 6.45) is 1.94. The molecule has 1 amide bonds. The maximum Gasteiger partial charge on any atom is 0.253 e. The second-order valence-electron chi connectivity index (χ2n) is 4.81. The molecule has 2 aliphatic rings. The van der Waals surface area contributed by atoms with Crippen LogP contribution in [-0.4, -0.2) is 63.4 Å². The minimum Gasteiger partial charge on any atom is -0.384 e. The van der Waals surface area contributed by atoms with Crippen LogP contribution in [-0.2, 0) is 14.3 Å². The standard InChI is InChI=1S/C12H22N2O3.ClH/c1-16-9-10-3-2-5-14(8-10)12(15)11-7-13-4-6-17-11;/h10-11,13H,2-9H2,1H3;1H. The van der Waals surface area contributed by atoms with E-state index in [-0.39, 0.29) is 24.4 Å². The molecule has 2 atom stereocenters. The first-order valence-corrected chi connectivity index (χ1v) is 6.41. The van der Waals surface area contributed by atoms with Crippen molar-refractivity contribution >= 4 is 18.3 Å². The highest BCUT2D eigenvalue weighted by Gasteiger charge is 2.30. The molecule has 5 nitrogen and oxygen atoms in total. The number of ether oxygens (including phenoxy) is 2. The van der Waals surface area contributed by atoms with E-state index in [1.807, 2.05) is 4.90 Å². The average molecular weight is 279 g/mol. The number of piperidine rings is 1. The Hall–Kier alpha value is -0.360. The third-order valence-electron chi connectivity index (χ3n) is 3.44. The van der Waals surface area contributed by atoms with Crippen molar-refractivity contribution in [1.82, 2.24) is 10.2 Å². The van der Waals surface area contributed by atoms with E-state index in [1.165, 1.54) is 0 Å². The van der Waals surface area contributed by atoms with E-state index in [1.54, 1.807) is 7.11 Å². The lowest BCUT2D eigenvalue weighted by Crippen LogP contribution is -2.52. The molecular weight excluding hydrogens is 256 g/mol. The fourth-order valence-electron chi connectivity index (χ4n) is 2.56. The number of carbonyl (C=O) groups excluding carboxylic acids is 1. The highest BCUT2D eigenvalue weighted by Crippen LogP contribution is 2.18. The molecule has 2 aliphatic heterocycles. The molecule has 0 aromatic rings. The minimum atomic E-state index is -0.287. The van der Waals surface area contributed by atoms with E-state index in [0.717, 1.165) is 39.1 Å². The number of amides is 1. The lowest BCUT2D eigenvalue weighted by molar-refractivity contribution is -0.147. The van der Waals surface area contributed by atoms with E-state index in [4.69, 9.17) is 9.47 Å². The van der Waals surface area contributed by atoms with Crippen molar-refractivity contribution in [1.29, 1.82) is 0 Å². The number of nitrogens with zero attached hydrogens (tertiary/aromatic N) is 1. The van der Waals surface area contributed by atoms with Gasteiger partial charge in [-0.2, -0.15) is 0 Å². The lowest BCUT2D eigenvalue weighted by atomic mass is 9.98. The minimum absolute atomic E-state index is 0. The number of carbonyl (C=O) groups is 1. The molecule has 6 heteroatoms. The molecule has 0 aliphatic carbocycles. The molecule has 0 bridgehead atoms. The van der Waals surface area contributed by atoms with Crippen LogP contribution in [0.25, 0.3) is 0 Å². The van der Waals surface area contributed by atoms with Gasteiger partial charge in [-0.1, -0.05) is 0 Å². The first kappa shape index (κ1) is 15.7. The summed E-state index contributed by atoms with van der Waals surface area (Å²) in [4.78, 5) is 14.2. The zero-order chi connectivity index (χ0) is 12.1. The van der Waals surface area contributed by atoms with E-state index in [2.05, 4.69) is 5.32 Å². The van der Waals surface area contributed by atoms with Crippen molar-refractivity contribution in [3.63, 3.8) is 0 Å². The summed E-state index contributed by atoms with van der Waals surface area (Å²) in [5.41, 5.74) is 0. The summed E-state index contributed by atoms with van der Waals surface area (Å²) < 4.78 is 10.7. The number of hydrogen-bond donors (Lipinski definition) is 1. The van der Waals surface area contributed by atoms with Gasteiger partial charge in [0.05, 0.1) is 13.2 Å². The molecule has 0 spiro atoms. The Morgan fingerprint density at radius 2 is 2.39 bits per heavy atom. The fourth-order valence-corrected chi connectivity index (χ4v) is 2.56. The Morgan fingerprint density at radius 3 is 3.06 bits per heavy atom. The normalized spacial score (nSPS) is 28.6. The molecule has 2 heterocycles. The number of halogens is 1. The van der Waals surface area contributed by atoms with E-state index < -0.39 is 0 Å². The molecule has 0 saturated carbocycles. The zero-order valence-electron chi connectivity index (χ0n) is 10.9. The van der Waals surface area contributed by atoms with Crippen LogP contribution in [0.2, 0.25) is 0 Å². The molecule has 2 fully saturated rings. The summed E-state index contributed by atoms with van der Waals surface area (Å²) in [6, 6.07) is 0. The zero-order valence-corrected chi connectivity index (χ0v) is 11.7. The van der Waals surface area contributed by atoms with E-state index >= 15 is 0 Å². The number of likely N-dealkylation sites (tertiary alicyclic amines) is 1. The van der Waals surface area contributed by atoms with Crippen molar-refractivity contribution < 1.29 is 14.3 Å². The SMILES string of the molecule is COCC1CCCN(C(=O)C2CNCCO2)C1.Cl. The van der Waals surface area contributed by atoms with Crippen LogP contribution in [0.15, 0.2) is 0 Å². The third kappa shape index (κ3) is 4.09. The molecule has 2 saturated heterocycles. The maximum absolute atomic E-state index is 12.2. The van der Waals surface area contributed by atoms with Crippen molar-refractivity contribution in [2.45, 2.75) is 18.9 Å². The van der Waals surface area contributed by atoms with Gasteiger partial charge in [0.15, 0.2) is 0 Å². The number of rotatable bonds is 3. The number of nitrogens with one attached hydrogen (secondary N) is 1. The van der Waals surface area contributed by atoms with Crippen molar-refractivity contribution in [2.24, 2.45) is 5.92 Å². The van der Waals surface area contributed by atoms with Gasteiger partial charge in [0.25, 0.3) is 5.91 Å². The van der Waals surface area contributed by atoms with Crippen LogP contribution < -0.4 is 5.32 Å². The van der Waals surface area contributed by atoms with Gasteiger partial charge >= 0.3 is 0 Å². The topological polar surface area (TPSA) is 50.8 Å². The highest BCUT2D eigenvalue weighted by molar-refractivity contribution is 5.85. The Morgan fingerprint density at radius 1 is 1.56 bits per heavy atom. The average Bonchev–Trinajstić information content (AvgIpc) is 2.40. The quantitative estimate of drug-likeness (QED) is 0.806. The summed E-state index contributed by atoms with van der Waals surface area (Å²) >= 11 is 0. The molecule has 1 N–H and O–H groups in total. The highest BCUT2D eigenvalue weighted by atomic mass is 35.5. The van der Waals surface area contributed by atoms with E-state index in [9.17, 15) is 4.79 Å². The number of hydrogen-bond acceptors (Lipinski definition) is 4. The van der Waals surface area contributed by atoms with Crippen LogP contribution in [0.1, 0.15) is 12.8 Å². The van der Waals surface area contributed by atoms with Crippen molar-refractivity contribution in [2.75, 3.05) is 46.5 Å². The van der Waals surface area contributed by atoms with Gasteiger partial charge in [0, 0.05) is 33.3 Å². The summed E-state index contributed by atoms with van der Waals surface area (Å²) in [5, 5.41) is 3.19. The lowest BCUT2D eigenvalue weighted by Gasteiger charge is -2.35. The first-order valence-electron chi connectivity index (χ1n) is 6.41. The van der Waals surface area contributed by atoms with Crippen LogP contribution in [0, 0.1) is 5.92 Å². The fraction of sp³-hybridized carbons (Fsp3) is 0.917. The van der Waals surface area contributed by atoms with Crippen LogP contribution in [0.3, 0.4) is 0 Å². The molecule has 0 aromatic heterocycles. The summed E-state index contributed by atoms with van der Waals surface area (Å²) in [6.45, 7) is 4.53. The predicted octanol–water partition coefficient (Wildman–Crippen LogP) is 0.282. The Kier molecular flexibility index (Phi) is 6.92. The largest absolute Gasteiger partial charge is 0.384 e. The second-order valence-corrected chi connectivity index (χ2v) is 4.81. The van der Waals surface area contributed by atoms with Gasteiger partial charge < -0.3 is 19.7 Å². The van der Waals surface area contributed by atoms with Gasteiger partial charge in [0.1, 0.15) is 6.10 Å². The number of morpholine rings is 1. The summed E-state index contributed by atoms with van der Waals surface area (Å²) in [7, 11) is 1.72. The van der Waals surface area contributed by atoms with Gasteiger partial charge in [-0.15, -0.1) is 12.4 Å². The molecule has 2 rings (SSSR count). The maximum atomic E-state index is 12.2. The molecule has 2 unspecified atom stereocenters. The monoisotopic (exact) mass is 278 g/mol. The smallest absolute Gasteiger partial charge is 0.253 e. The molecular formula is C12H23ClN2O3. The van der Waals surface area contributed by atoms with Gasteiger partial charge in [0.2, 0.25) is 0 Å². The van der Waals surface area contributed by atoms with Gasteiger partial charge in [-0.3, -0.25) is 4.79 Å². The second kappa shape index (κ2) is 7.94. The Balaban J connectivity index is 0.00000162. The van der Waals surface area contributed by atoms with Crippen LogP contribution in [0.5, 0.6) is 0 Å². The van der Waals surface area contributed by atoms with Crippen LogP contribution in [0.4, 0.5) is 0 Å². The first-order chi connectivity index (χ1) is 8.31. The van der Waals surface area contributed by atoms with Gasteiger partial charge in [-0.05, 0) is 18.8 Å². The van der Waals surface area contributed by atoms with E-state index in [0.29, 0.717) is 19.1 Å². The number of methoxy groups -OCH3 is 1.